The van der Waals surface area contributed by atoms with Crippen LogP contribution in [0, 0.1) is 5.92 Å². The zero-order valence-electron chi connectivity index (χ0n) is 12.5. The van der Waals surface area contributed by atoms with Crippen LogP contribution >= 0.6 is 0 Å². The van der Waals surface area contributed by atoms with E-state index in [4.69, 9.17) is 0 Å². The van der Waals surface area contributed by atoms with Gasteiger partial charge in [-0.25, -0.2) is 4.79 Å². The topological polar surface area (TPSA) is 52.6 Å². The Morgan fingerprint density at radius 2 is 1.64 bits per heavy atom. The van der Waals surface area contributed by atoms with E-state index in [-0.39, 0.29) is 12.1 Å². The molecule has 22 heavy (non-hydrogen) atoms. The van der Waals surface area contributed by atoms with Crippen LogP contribution in [-0.4, -0.2) is 46.4 Å². The Morgan fingerprint density at radius 3 is 2.14 bits per heavy atom. The number of urea groups is 1. The van der Waals surface area contributed by atoms with Crippen LogP contribution < -0.4 is 5.32 Å². The van der Waals surface area contributed by atoms with E-state index in [2.05, 4.69) is 5.32 Å². The zero-order valence-corrected chi connectivity index (χ0v) is 12.5. The van der Waals surface area contributed by atoms with Crippen molar-refractivity contribution < 1.29 is 23.1 Å². The van der Waals surface area contributed by atoms with E-state index in [0.29, 0.717) is 25.7 Å². The minimum Gasteiger partial charge on any atom is -0.393 e. The highest BCUT2D eigenvalue weighted by Gasteiger charge is 2.49. The van der Waals surface area contributed by atoms with Crippen molar-refractivity contribution >= 4 is 6.03 Å². The Kier molecular flexibility index (Phi) is 4.27. The van der Waals surface area contributed by atoms with Gasteiger partial charge in [0.25, 0.3) is 0 Å². The minimum absolute atomic E-state index is 0.119. The van der Waals surface area contributed by atoms with Crippen LogP contribution in [0.5, 0.6) is 0 Å². The molecular weight excluding hydrogens is 297 g/mol. The Hall–Kier alpha value is -0.980. The smallest absolute Gasteiger partial charge is 0.393 e. The summed E-state index contributed by atoms with van der Waals surface area (Å²) in [6, 6.07) is -2.58. The van der Waals surface area contributed by atoms with Gasteiger partial charge < -0.3 is 15.3 Å². The average molecular weight is 320 g/mol. The molecule has 1 aliphatic carbocycles. The molecule has 2 aliphatic heterocycles. The molecule has 2 heterocycles. The van der Waals surface area contributed by atoms with E-state index in [1.807, 2.05) is 0 Å². The molecule has 3 atom stereocenters. The van der Waals surface area contributed by atoms with Gasteiger partial charge in [-0.15, -0.1) is 0 Å². The van der Waals surface area contributed by atoms with E-state index in [9.17, 15) is 23.1 Å². The maximum atomic E-state index is 13.3. The molecule has 3 fully saturated rings. The van der Waals surface area contributed by atoms with E-state index >= 15 is 0 Å². The molecule has 4 nitrogen and oxygen atoms in total. The van der Waals surface area contributed by atoms with Crippen LogP contribution in [0.3, 0.4) is 0 Å². The largest absolute Gasteiger partial charge is 0.408 e. The predicted octanol–water partition coefficient (Wildman–Crippen LogP) is 2.80. The molecule has 1 saturated carbocycles. The van der Waals surface area contributed by atoms with Gasteiger partial charge in [0.05, 0.1) is 6.10 Å². The number of hydrogen-bond donors (Lipinski definition) is 2. The number of aliphatic hydroxyl groups is 1. The SMILES string of the molecule is O=C(NC(C1CCCC1)C(F)(F)F)N1C2CCC1CC(O)C2. The molecule has 126 valence electrons. The van der Waals surface area contributed by atoms with Gasteiger partial charge in [0.2, 0.25) is 0 Å². The third-order valence-corrected chi connectivity index (χ3v) is 5.45. The number of carbonyl (C=O) groups excluding carboxylic acids is 1. The minimum atomic E-state index is -4.40. The van der Waals surface area contributed by atoms with Crippen LogP contribution in [-0.2, 0) is 0 Å². The highest BCUT2D eigenvalue weighted by atomic mass is 19.4. The van der Waals surface area contributed by atoms with Crippen LogP contribution in [0.2, 0.25) is 0 Å². The summed E-state index contributed by atoms with van der Waals surface area (Å²) < 4.78 is 39.9. The lowest BCUT2D eigenvalue weighted by atomic mass is 9.97. The van der Waals surface area contributed by atoms with E-state index in [1.165, 1.54) is 0 Å². The average Bonchev–Trinajstić information content (AvgIpc) is 3.02. The number of rotatable bonds is 2. The lowest BCUT2D eigenvalue weighted by molar-refractivity contribution is -0.165. The number of halogens is 3. The van der Waals surface area contributed by atoms with E-state index in [0.717, 1.165) is 25.7 Å². The van der Waals surface area contributed by atoms with Crippen molar-refractivity contribution in [3.63, 3.8) is 0 Å². The molecule has 2 saturated heterocycles. The Morgan fingerprint density at radius 1 is 1.09 bits per heavy atom. The summed E-state index contributed by atoms with van der Waals surface area (Å²) in [6.45, 7) is 0. The van der Waals surface area contributed by atoms with Crippen molar-refractivity contribution in [2.45, 2.75) is 81.8 Å². The first kappa shape index (κ1) is 15.9. The lowest BCUT2D eigenvalue weighted by Gasteiger charge is -2.39. The molecule has 2 bridgehead atoms. The second-order valence-corrected chi connectivity index (χ2v) is 6.93. The maximum Gasteiger partial charge on any atom is 0.408 e. The molecule has 3 unspecified atom stereocenters. The first-order valence-corrected chi connectivity index (χ1v) is 8.20. The van der Waals surface area contributed by atoms with Crippen LogP contribution in [0.15, 0.2) is 0 Å². The second kappa shape index (κ2) is 5.91. The lowest BCUT2D eigenvalue weighted by Crippen LogP contribution is -2.58. The zero-order chi connectivity index (χ0) is 15.9. The van der Waals surface area contributed by atoms with Crippen molar-refractivity contribution in [1.82, 2.24) is 10.2 Å². The van der Waals surface area contributed by atoms with Crippen molar-refractivity contribution in [3.05, 3.63) is 0 Å². The third kappa shape index (κ3) is 3.05. The highest BCUT2D eigenvalue weighted by Crippen LogP contribution is 2.38. The van der Waals surface area contributed by atoms with Gasteiger partial charge in [-0.3, -0.25) is 0 Å². The molecule has 3 rings (SSSR count). The molecule has 0 radical (unpaired) electrons. The standard InChI is InChI=1S/C15H23F3N2O2/c16-15(17,18)13(9-3-1-2-4-9)19-14(22)20-10-5-6-11(20)8-12(21)7-10/h9-13,21H,1-8H2,(H,19,22). The fraction of sp³-hybridized carbons (Fsp3) is 0.933. The summed E-state index contributed by atoms with van der Waals surface area (Å²) in [5, 5.41) is 12.0. The fourth-order valence-corrected chi connectivity index (χ4v) is 4.45. The summed E-state index contributed by atoms with van der Waals surface area (Å²) in [7, 11) is 0. The molecule has 2 amide bonds. The Balaban J connectivity index is 1.69. The summed E-state index contributed by atoms with van der Waals surface area (Å²) >= 11 is 0. The summed E-state index contributed by atoms with van der Waals surface area (Å²) in [5.41, 5.74) is 0. The Bertz CT molecular complexity index is 410. The number of carbonyl (C=O) groups is 1. The number of piperidine rings is 1. The second-order valence-electron chi connectivity index (χ2n) is 6.93. The quantitative estimate of drug-likeness (QED) is 0.822. The van der Waals surface area contributed by atoms with Gasteiger partial charge in [-0.05, 0) is 44.4 Å². The number of hydrogen-bond acceptors (Lipinski definition) is 2. The highest BCUT2D eigenvalue weighted by molar-refractivity contribution is 5.76. The van der Waals surface area contributed by atoms with Gasteiger partial charge in [0.1, 0.15) is 6.04 Å². The van der Waals surface area contributed by atoms with E-state index in [1.54, 1.807) is 4.90 Å². The molecule has 0 spiro atoms. The van der Waals surface area contributed by atoms with Crippen LogP contribution in [0.1, 0.15) is 51.4 Å². The maximum absolute atomic E-state index is 13.3. The van der Waals surface area contributed by atoms with Gasteiger partial charge in [-0.1, -0.05) is 12.8 Å². The number of fused-ring (bicyclic) bond motifs is 2. The van der Waals surface area contributed by atoms with E-state index < -0.39 is 30.3 Å². The Labute approximate surface area is 128 Å². The summed E-state index contributed by atoms with van der Waals surface area (Å²) in [6.07, 6.45) is 0.307. The first-order chi connectivity index (χ1) is 10.4. The molecule has 3 aliphatic rings. The summed E-state index contributed by atoms with van der Waals surface area (Å²) in [5.74, 6) is -0.503. The molecule has 7 heteroatoms. The molecular formula is C15H23F3N2O2. The van der Waals surface area contributed by atoms with Crippen LogP contribution in [0.4, 0.5) is 18.0 Å². The van der Waals surface area contributed by atoms with Crippen molar-refractivity contribution in [3.8, 4) is 0 Å². The van der Waals surface area contributed by atoms with Gasteiger partial charge in [-0.2, -0.15) is 13.2 Å². The third-order valence-electron chi connectivity index (χ3n) is 5.45. The van der Waals surface area contributed by atoms with Crippen LogP contribution in [0.25, 0.3) is 0 Å². The predicted molar refractivity (Wildman–Crippen MR) is 74.2 cm³/mol. The van der Waals surface area contributed by atoms with Gasteiger partial charge in [0.15, 0.2) is 0 Å². The first-order valence-electron chi connectivity index (χ1n) is 8.20. The fourth-order valence-electron chi connectivity index (χ4n) is 4.45. The number of alkyl halides is 3. The molecule has 0 aromatic rings. The molecule has 2 N–H and O–H groups in total. The number of amides is 2. The molecule has 0 aromatic carbocycles. The number of nitrogens with one attached hydrogen (secondary N) is 1. The molecule has 0 aromatic heterocycles. The normalized spacial score (nSPS) is 34.0. The summed E-state index contributed by atoms with van der Waals surface area (Å²) in [4.78, 5) is 14.0. The van der Waals surface area contributed by atoms with Gasteiger partial charge in [0, 0.05) is 12.1 Å². The van der Waals surface area contributed by atoms with Gasteiger partial charge >= 0.3 is 12.2 Å². The number of aliphatic hydroxyl groups excluding tert-OH is 1. The van der Waals surface area contributed by atoms with Crippen molar-refractivity contribution in [2.24, 2.45) is 5.92 Å². The van der Waals surface area contributed by atoms with Crippen molar-refractivity contribution in [2.75, 3.05) is 0 Å². The van der Waals surface area contributed by atoms with Crippen molar-refractivity contribution in [1.29, 1.82) is 0 Å². The monoisotopic (exact) mass is 320 g/mol. The number of nitrogens with zero attached hydrogens (tertiary/aromatic N) is 1.